The molecule has 3 rings (SSSR count). The van der Waals surface area contributed by atoms with Gasteiger partial charge in [-0.05, 0) is 63.5 Å². The summed E-state index contributed by atoms with van der Waals surface area (Å²) >= 11 is 0. The number of hydrogen-bond donors (Lipinski definition) is 2. The third-order valence-electron chi connectivity index (χ3n) is 5.55. The third-order valence-corrected chi connectivity index (χ3v) is 5.55. The molecule has 3 aromatic rings. The van der Waals surface area contributed by atoms with E-state index in [2.05, 4.69) is 76.4 Å². The molecule has 2 aromatic heterocycles. The second-order valence-electron chi connectivity index (χ2n) is 7.77. The minimum absolute atomic E-state index is 0.615. The van der Waals surface area contributed by atoms with Gasteiger partial charge in [0.15, 0.2) is 0 Å². The summed E-state index contributed by atoms with van der Waals surface area (Å²) in [5, 5.41) is 7.99. The highest BCUT2D eigenvalue weighted by Gasteiger charge is 2.09. The van der Waals surface area contributed by atoms with Crippen molar-refractivity contribution in [1.29, 1.82) is 0 Å². The average molecular weight is 407 g/mol. The predicted molar refractivity (Wildman–Crippen MR) is 126 cm³/mol. The van der Waals surface area contributed by atoms with Crippen LogP contribution in [0.1, 0.15) is 44.9 Å². The van der Waals surface area contributed by atoms with E-state index in [1.807, 2.05) is 24.7 Å². The summed E-state index contributed by atoms with van der Waals surface area (Å²) in [6, 6.07) is 8.94. The van der Waals surface area contributed by atoms with E-state index in [9.17, 15) is 0 Å². The maximum absolute atomic E-state index is 4.55. The highest BCUT2D eigenvalue weighted by atomic mass is 15.1. The Hall–Kier alpha value is -2.73. The first kappa shape index (κ1) is 22.0. The van der Waals surface area contributed by atoms with Crippen molar-refractivity contribution in [2.45, 2.75) is 53.1 Å². The zero-order valence-electron chi connectivity index (χ0n) is 18.7. The van der Waals surface area contributed by atoms with Gasteiger partial charge in [0.1, 0.15) is 5.82 Å². The fraction of sp³-hybridized carbons (Fsp3) is 0.458. The summed E-state index contributed by atoms with van der Waals surface area (Å²) in [5.74, 6) is 0.830. The Morgan fingerprint density at radius 1 is 1.03 bits per heavy atom. The molecule has 6 nitrogen and oxygen atoms in total. The monoisotopic (exact) mass is 406 g/mol. The number of nitrogens with one attached hydrogen (secondary N) is 2. The molecule has 0 aliphatic heterocycles. The van der Waals surface area contributed by atoms with Gasteiger partial charge >= 0.3 is 0 Å². The molecule has 1 unspecified atom stereocenters. The van der Waals surface area contributed by atoms with Gasteiger partial charge in [-0.1, -0.05) is 19.9 Å². The van der Waals surface area contributed by atoms with Crippen molar-refractivity contribution in [2.24, 2.45) is 0 Å². The first-order chi connectivity index (χ1) is 14.6. The zero-order chi connectivity index (χ0) is 21.3. The third kappa shape index (κ3) is 5.89. The molecule has 0 radical (unpaired) electrons. The van der Waals surface area contributed by atoms with Crippen molar-refractivity contribution in [2.75, 3.05) is 30.3 Å². The number of anilines is 2. The van der Waals surface area contributed by atoms with Gasteiger partial charge in [-0.25, -0.2) is 4.98 Å². The van der Waals surface area contributed by atoms with Crippen LogP contribution in [0, 0.1) is 6.92 Å². The van der Waals surface area contributed by atoms with E-state index in [1.165, 1.54) is 12.0 Å². The van der Waals surface area contributed by atoms with Crippen LogP contribution in [0.15, 0.2) is 42.9 Å². The number of aryl methyl sites for hydroxylation is 1. The number of benzene rings is 1. The van der Waals surface area contributed by atoms with Crippen molar-refractivity contribution in [3.63, 3.8) is 0 Å². The van der Waals surface area contributed by atoms with Gasteiger partial charge in [0.05, 0.1) is 35.8 Å². The fourth-order valence-corrected chi connectivity index (χ4v) is 3.84. The highest BCUT2D eigenvalue weighted by molar-refractivity contribution is 5.90. The largest absolute Gasteiger partial charge is 0.378 e. The summed E-state index contributed by atoms with van der Waals surface area (Å²) in [4.78, 5) is 16.1. The first-order valence-electron chi connectivity index (χ1n) is 11.0. The van der Waals surface area contributed by atoms with Crippen LogP contribution in [0.25, 0.3) is 10.9 Å². The Kier molecular flexibility index (Phi) is 7.97. The molecular weight excluding hydrogens is 372 g/mol. The molecular formula is C24H34N6. The summed E-state index contributed by atoms with van der Waals surface area (Å²) in [5.41, 5.74) is 4.12. The van der Waals surface area contributed by atoms with Gasteiger partial charge in [-0.2, -0.15) is 0 Å². The molecule has 0 fully saturated rings. The van der Waals surface area contributed by atoms with Crippen LogP contribution in [0.3, 0.4) is 0 Å². The minimum atomic E-state index is 0.615. The van der Waals surface area contributed by atoms with E-state index in [0.717, 1.165) is 54.2 Å². The molecule has 0 saturated heterocycles. The second-order valence-corrected chi connectivity index (χ2v) is 7.77. The lowest BCUT2D eigenvalue weighted by molar-refractivity contribution is 0.219. The van der Waals surface area contributed by atoms with E-state index >= 15 is 0 Å². The van der Waals surface area contributed by atoms with Gasteiger partial charge < -0.3 is 15.5 Å². The van der Waals surface area contributed by atoms with Crippen molar-refractivity contribution >= 4 is 22.4 Å². The van der Waals surface area contributed by atoms with Gasteiger partial charge in [0, 0.05) is 24.2 Å². The molecule has 0 aliphatic rings. The Bertz CT molecular complexity index is 921. The smallest absolute Gasteiger partial charge is 0.144 e. The standard InChI is InChI=1S/C24H34N6/c1-5-30(6-2)19(4)9-7-11-25-23-17-27-21(16-29-23)15-28-22-14-18(3)13-20-10-8-12-26-24(20)22/h8,10,12-14,16-17,19,28H,5-7,9,11,15H2,1-4H3,(H,25,29). The molecule has 160 valence electrons. The van der Waals surface area contributed by atoms with E-state index in [4.69, 9.17) is 0 Å². The SMILES string of the molecule is CCN(CC)C(C)CCCNc1cnc(CNc2cc(C)cc3cccnc23)cn1. The van der Waals surface area contributed by atoms with Crippen LogP contribution in [0.4, 0.5) is 11.5 Å². The van der Waals surface area contributed by atoms with E-state index in [1.54, 1.807) is 0 Å². The molecule has 2 N–H and O–H groups in total. The Balaban J connectivity index is 1.48. The minimum Gasteiger partial charge on any atom is -0.378 e. The second kappa shape index (κ2) is 10.9. The van der Waals surface area contributed by atoms with Crippen LogP contribution < -0.4 is 10.6 Å². The van der Waals surface area contributed by atoms with Crippen molar-refractivity contribution in [1.82, 2.24) is 19.9 Å². The zero-order valence-corrected chi connectivity index (χ0v) is 18.7. The molecule has 6 heteroatoms. The molecule has 0 aliphatic carbocycles. The normalized spacial score (nSPS) is 12.3. The molecule has 0 saturated carbocycles. The summed E-state index contributed by atoms with van der Waals surface area (Å²) in [6.07, 6.45) is 7.78. The lowest BCUT2D eigenvalue weighted by Crippen LogP contribution is -2.32. The van der Waals surface area contributed by atoms with Crippen molar-refractivity contribution in [3.05, 3.63) is 54.1 Å². The highest BCUT2D eigenvalue weighted by Crippen LogP contribution is 2.23. The van der Waals surface area contributed by atoms with E-state index in [-0.39, 0.29) is 0 Å². The molecule has 1 atom stereocenters. The fourth-order valence-electron chi connectivity index (χ4n) is 3.84. The van der Waals surface area contributed by atoms with Gasteiger partial charge in [0.25, 0.3) is 0 Å². The summed E-state index contributed by atoms with van der Waals surface area (Å²) in [6.45, 7) is 12.6. The maximum atomic E-state index is 4.55. The number of fused-ring (bicyclic) bond motifs is 1. The van der Waals surface area contributed by atoms with Crippen molar-refractivity contribution < 1.29 is 0 Å². The van der Waals surface area contributed by atoms with Crippen molar-refractivity contribution in [3.8, 4) is 0 Å². The molecule has 30 heavy (non-hydrogen) atoms. The van der Waals surface area contributed by atoms with Crippen LogP contribution in [-0.4, -0.2) is 45.5 Å². The molecule has 0 amide bonds. The number of nitrogens with zero attached hydrogens (tertiary/aromatic N) is 4. The quantitative estimate of drug-likeness (QED) is 0.443. The van der Waals surface area contributed by atoms with E-state index < -0.39 is 0 Å². The lowest BCUT2D eigenvalue weighted by Gasteiger charge is -2.26. The van der Waals surface area contributed by atoms with Gasteiger partial charge in [0.2, 0.25) is 0 Å². The molecule has 1 aromatic carbocycles. The maximum Gasteiger partial charge on any atom is 0.144 e. The number of hydrogen-bond acceptors (Lipinski definition) is 6. The van der Waals surface area contributed by atoms with Crippen LogP contribution in [0.5, 0.6) is 0 Å². The molecule has 0 bridgehead atoms. The van der Waals surface area contributed by atoms with Crippen LogP contribution in [0.2, 0.25) is 0 Å². The topological polar surface area (TPSA) is 66.0 Å². The molecule has 2 heterocycles. The van der Waals surface area contributed by atoms with Crippen LogP contribution in [-0.2, 0) is 6.54 Å². The number of pyridine rings is 1. The first-order valence-corrected chi connectivity index (χ1v) is 11.0. The van der Waals surface area contributed by atoms with E-state index in [0.29, 0.717) is 12.6 Å². The number of aromatic nitrogens is 3. The van der Waals surface area contributed by atoms with Gasteiger partial charge in [-0.15, -0.1) is 0 Å². The Morgan fingerprint density at radius 2 is 1.87 bits per heavy atom. The average Bonchev–Trinajstić information content (AvgIpc) is 2.76. The molecule has 0 spiro atoms. The Morgan fingerprint density at radius 3 is 2.60 bits per heavy atom. The number of rotatable bonds is 11. The van der Waals surface area contributed by atoms with Crippen LogP contribution >= 0.6 is 0 Å². The lowest BCUT2D eigenvalue weighted by atomic mass is 10.1. The predicted octanol–water partition coefficient (Wildman–Crippen LogP) is 4.87. The van der Waals surface area contributed by atoms with Gasteiger partial charge in [-0.3, -0.25) is 9.97 Å². The Labute approximate surface area is 180 Å². The summed E-state index contributed by atoms with van der Waals surface area (Å²) < 4.78 is 0. The summed E-state index contributed by atoms with van der Waals surface area (Å²) in [7, 11) is 0.